The van der Waals surface area contributed by atoms with Gasteiger partial charge in [-0.25, -0.2) is 0 Å². The predicted molar refractivity (Wildman–Crippen MR) is 31.8 cm³/mol. The van der Waals surface area contributed by atoms with Crippen LogP contribution in [-0.4, -0.2) is 11.9 Å². The summed E-state index contributed by atoms with van der Waals surface area (Å²) in [6.07, 6.45) is 0. The molecule has 0 aromatic heterocycles. The molecule has 1 amide bonds. The molecular weight excluding hydrogens is 104 g/mol. The maximum Gasteiger partial charge on any atom is 0.236 e. The van der Waals surface area contributed by atoms with Crippen molar-refractivity contribution in [1.29, 1.82) is 0 Å². The van der Waals surface area contributed by atoms with E-state index in [9.17, 15) is 4.79 Å². The van der Waals surface area contributed by atoms with Gasteiger partial charge in [0.2, 0.25) is 5.91 Å². The van der Waals surface area contributed by atoms with Gasteiger partial charge in [0, 0.05) is 6.54 Å². The molecule has 47 valence electrons. The van der Waals surface area contributed by atoms with E-state index in [1.165, 1.54) is 0 Å². The summed E-state index contributed by atoms with van der Waals surface area (Å²) in [6, 6.07) is -0.411. The van der Waals surface area contributed by atoms with Gasteiger partial charge in [0.05, 0.1) is 6.04 Å². The second-order valence-electron chi connectivity index (χ2n) is 1.59. The van der Waals surface area contributed by atoms with E-state index in [1.54, 1.807) is 20.4 Å². The largest absolute Gasteiger partial charge is 0.350 e. The molecule has 0 aliphatic heterocycles. The number of nitrogens with two attached hydrogens (primary N) is 1. The Labute approximate surface area is 49.3 Å². The van der Waals surface area contributed by atoms with Crippen LogP contribution in [0.25, 0.3) is 0 Å². The number of hydrogen-bond acceptors (Lipinski definition) is 2. The molecule has 8 heavy (non-hydrogen) atoms. The average Bonchev–Trinajstić information content (AvgIpc) is 1.67. The van der Waals surface area contributed by atoms with E-state index >= 15 is 0 Å². The molecule has 0 aliphatic carbocycles. The first-order chi connectivity index (χ1) is 3.68. The van der Waals surface area contributed by atoms with Crippen LogP contribution >= 0.6 is 0 Å². The second-order valence-corrected chi connectivity index (χ2v) is 1.59. The van der Waals surface area contributed by atoms with Gasteiger partial charge in [-0.2, -0.15) is 0 Å². The van der Waals surface area contributed by atoms with Crippen molar-refractivity contribution in [1.82, 2.24) is 5.32 Å². The van der Waals surface area contributed by atoms with Crippen LogP contribution in [-0.2, 0) is 4.79 Å². The smallest absolute Gasteiger partial charge is 0.236 e. The quantitative estimate of drug-likeness (QED) is 0.516. The highest BCUT2D eigenvalue weighted by atomic mass is 16.2. The van der Waals surface area contributed by atoms with E-state index in [2.05, 4.69) is 5.32 Å². The van der Waals surface area contributed by atoms with Gasteiger partial charge < -0.3 is 11.1 Å². The average molecular weight is 115 g/mol. The van der Waals surface area contributed by atoms with Crippen LogP contribution in [0.1, 0.15) is 13.8 Å². The van der Waals surface area contributed by atoms with E-state index in [1.807, 2.05) is 0 Å². The summed E-state index contributed by atoms with van der Waals surface area (Å²) < 4.78 is 0. The Kier molecular flexibility index (Phi) is 3.19. The Bertz CT molecular complexity index is 80.5. The highest BCUT2D eigenvalue weighted by Gasteiger charge is 2.02. The molecule has 1 unspecified atom stereocenters. The van der Waals surface area contributed by atoms with Crippen molar-refractivity contribution in [2.75, 3.05) is 0 Å². The maximum absolute atomic E-state index is 10.5. The monoisotopic (exact) mass is 115 g/mol. The van der Waals surface area contributed by atoms with E-state index < -0.39 is 6.04 Å². The third kappa shape index (κ3) is 2.58. The fourth-order valence-electron chi connectivity index (χ4n) is 0.274. The zero-order valence-electron chi connectivity index (χ0n) is 5.14. The van der Waals surface area contributed by atoms with E-state index in [0.717, 1.165) is 0 Å². The molecule has 0 spiro atoms. The SMILES string of the molecule is C[CH]NC(=O)C(C)N. The first-order valence-electron chi connectivity index (χ1n) is 2.52. The third-order valence-electron chi connectivity index (χ3n) is 0.700. The summed E-state index contributed by atoms with van der Waals surface area (Å²) in [5.41, 5.74) is 5.19. The minimum absolute atomic E-state index is 0.146. The van der Waals surface area contributed by atoms with Crippen LogP contribution in [0.2, 0.25) is 0 Å². The van der Waals surface area contributed by atoms with Gasteiger partial charge in [0.25, 0.3) is 0 Å². The number of hydrogen-bond donors (Lipinski definition) is 2. The van der Waals surface area contributed by atoms with E-state index in [4.69, 9.17) is 5.73 Å². The number of carbonyl (C=O) groups excluding carboxylic acids is 1. The first kappa shape index (κ1) is 7.43. The molecule has 1 radical (unpaired) electrons. The Morgan fingerprint density at radius 2 is 2.38 bits per heavy atom. The molecule has 0 aromatic rings. The third-order valence-corrected chi connectivity index (χ3v) is 0.700. The summed E-state index contributed by atoms with van der Waals surface area (Å²) in [5.74, 6) is -0.146. The van der Waals surface area contributed by atoms with Crippen molar-refractivity contribution in [3.63, 3.8) is 0 Å². The van der Waals surface area contributed by atoms with E-state index in [0.29, 0.717) is 0 Å². The number of carbonyl (C=O) groups is 1. The summed E-state index contributed by atoms with van der Waals surface area (Å²) in [6.45, 7) is 4.94. The highest BCUT2D eigenvalue weighted by molar-refractivity contribution is 5.81. The molecule has 0 saturated heterocycles. The molecular formula is C5H11N2O. The molecule has 3 heteroatoms. The number of rotatable bonds is 2. The summed E-state index contributed by atoms with van der Waals surface area (Å²) in [7, 11) is 0. The predicted octanol–water partition coefficient (Wildman–Crippen LogP) is -0.369. The van der Waals surface area contributed by atoms with Crippen molar-refractivity contribution >= 4 is 5.91 Å². The topological polar surface area (TPSA) is 55.1 Å². The van der Waals surface area contributed by atoms with Gasteiger partial charge in [-0.05, 0) is 13.8 Å². The fraction of sp³-hybridized carbons (Fsp3) is 0.600. The van der Waals surface area contributed by atoms with Gasteiger partial charge in [0.15, 0.2) is 0 Å². The standard InChI is InChI=1S/C5H11N2O/c1-3-7-5(8)4(2)6/h3-4H,6H2,1-2H3,(H,7,8). The van der Waals surface area contributed by atoms with Crippen molar-refractivity contribution in [3.8, 4) is 0 Å². The first-order valence-corrected chi connectivity index (χ1v) is 2.52. The van der Waals surface area contributed by atoms with Gasteiger partial charge in [-0.15, -0.1) is 0 Å². The normalized spacial score (nSPS) is 12.9. The lowest BCUT2D eigenvalue weighted by molar-refractivity contribution is -0.121. The van der Waals surface area contributed by atoms with Crippen molar-refractivity contribution in [2.24, 2.45) is 5.73 Å². The summed E-state index contributed by atoms with van der Waals surface area (Å²) in [5, 5.41) is 2.46. The Morgan fingerprint density at radius 3 is 2.50 bits per heavy atom. The van der Waals surface area contributed by atoms with Crippen LogP contribution < -0.4 is 11.1 Å². The summed E-state index contributed by atoms with van der Waals surface area (Å²) in [4.78, 5) is 10.5. The Hall–Kier alpha value is -0.570. The lowest BCUT2D eigenvalue weighted by Gasteiger charge is -2.02. The van der Waals surface area contributed by atoms with Crippen LogP contribution in [0.5, 0.6) is 0 Å². The molecule has 3 N–H and O–H groups in total. The molecule has 0 heterocycles. The highest BCUT2D eigenvalue weighted by Crippen LogP contribution is 1.74. The van der Waals surface area contributed by atoms with Crippen molar-refractivity contribution < 1.29 is 4.79 Å². The van der Waals surface area contributed by atoms with Crippen LogP contribution in [0.3, 0.4) is 0 Å². The van der Waals surface area contributed by atoms with E-state index in [-0.39, 0.29) is 5.91 Å². The summed E-state index contributed by atoms with van der Waals surface area (Å²) >= 11 is 0. The van der Waals surface area contributed by atoms with Gasteiger partial charge in [-0.1, -0.05) is 0 Å². The molecule has 0 rings (SSSR count). The lowest BCUT2D eigenvalue weighted by Crippen LogP contribution is -2.36. The lowest BCUT2D eigenvalue weighted by atomic mass is 10.3. The molecule has 0 aromatic carbocycles. The second kappa shape index (κ2) is 3.43. The minimum Gasteiger partial charge on any atom is -0.350 e. The van der Waals surface area contributed by atoms with Crippen molar-refractivity contribution in [2.45, 2.75) is 19.9 Å². The number of amides is 1. The van der Waals surface area contributed by atoms with Crippen LogP contribution in [0.4, 0.5) is 0 Å². The molecule has 0 fully saturated rings. The van der Waals surface area contributed by atoms with Crippen molar-refractivity contribution in [3.05, 3.63) is 6.54 Å². The Morgan fingerprint density at radius 1 is 1.88 bits per heavy atom. The molecule has 1 atom stereocenters. The maximum atomic E-state index is 10.5. The van der Waals surface area contributed by atoms with Gasteiger partial charge >= 0.3 is 0 Å². The molecule has 3 nitrogen and oxygen atoms in total. The van der Waals surface area contributed by atoms with Crippen LogP contribution in [0, 0.1) is 6.54 Å². The molecule has 0 saturated carbocycles. The van der Waals surface area contributed by atoms with Gasteiger partial charge in [0.1, 0.15) is 0 Å². The fourth-order valence-corrected chi connectivity index (χ4v) is 0.274. The zero-order chi connectivity index (χ0) is 6.57. The molecule has 0 bridgehead atoms. The van der Waals surface area contributed by atoms with Crippen LogP contribution in [0.15, 0.2) is 0 Å². The molecule has 0 aliphatic rings. The minimum atomic E-state index is -0.411. The zero-order valence-corrected chi connectivity index (χ0v) is 5.14. The van der Waals surface area contributed by atoms with Gasteiger partial charge in [-0.3, -0.25) is 4.79 Å². The number of nitrogens with one attached hydrogen (secondary N) is 1. The Balaban J connectivity index is 3.33.